The number of carboxylic acids is 1. The smallest absolute Gasteiger partial charge is 0.326 e. The van der Waals surface area contributed by atoms with Crippen molar-refractivity contribution in [3.63, 3.8) is 0 Å². The predicted octanol–water partition coefficient (Wildman–Crippen LogP) is 13.2. The largest absolute Gasteiger partial charge is 0.480 e. The minimum absolute atomic E-state index is 0.0258. The molecule has 54 heavy (non-hydrogen) atoms. The molecule has 0 aliphatic rings. The van der Waals surface area contributed by atoms with Crippen molar-refractivity contribution in [3.05, 3.63) is 24.3 Å². The lowest BCUT2D eigenvalue weighted by molar-refractivity contribution is -0.150. The summed E-state index contributed by atoms with van der Waals surface area (Å²) in [5.41, 5.74) is 5.49. The van der Waals surface area contributed by atoms with Gasteiger partial charge in [0.2, 0.25) is 5.91 Å². The molecule has 2 atom stereocenters. The Kier molecular flexibility index (Phi) is 40.3. The maximum Gasteiger partial charge on any atom is 0.326 e. The first-order valence-corrected chi connectivity index (χ1v) is 23.2. The fourth-order valence-corrected chi connectivity index (χ4v) is 7.02. The third kappa shape index (κ3) is 38.1. The lowest BCUT2D eigenvalue weighted by atomic mass is 10.0. The van der Waals surface area contributed by atoms with Crippen molar-refractivity contribution < 1.29 is 24.2 Å². The molecular weight excluding hydrogens is 673 g/mol. The maximum absolute atomic E-state index is 12.8. The zero-order valence-electron chi connectivity index (χ0n) is 35.6. The molecule has 0 rings (SSSR count). The number of esters is 1. The Balaban J connectivity index is 4.35. The van der Waals surface area contributed by atoms with E-state index in [2.05, 4.69) is 43.5 Å². The molecule has 0 heterocycles. The van der Waals surface area contributed by atoms with Gasteiger partial charge in [-0.1, -0.05) is 173 Å². The SMILES string of the molecule is CCCCCCC/C=C\C/C=C\CCCC(CCCCCCCC(=O)NC(CCCN)C(=O)O)OC(=O)CCCCCCCCCCCCCCCCC. The predicted molar refractivity (Wildman–Crippen MR) is 230 cm³/mol. The Morgan fingerprint density at radius 1 is 0.537 bits per heavy atom. The van der Waals surface area contributed by atoms with Crippen LogP contribution >= 0.6 is 0 Å². The van der Waals surface area contributed by atoms with Crippen LogP contribution in [0.3, 0.4) is 0 Å². The Bertz CT molecular complexity index is 905. The van der Waals surface area contributed by atoms with Crippen LogP contribution in [0.1, 0.15) is 239 Å². The number of aliphatic carboxylic acids is 1. The zero-order valence-corrected chi connectivity index (χ0v) is 35.6. The number of carboxylic acid groups (broad SMARTS) is 1. The van der Waals surface area contributed by atoms with Crippen LogP contribution in [0, 0.1) is 0 Å². The second kappa shape index (κ2) is 42.0. The van der Waals surface area contributed by atoms with Gasteiger partial charge in [0.05, 0.1) is 0 Å². The van der Waals surface area contributed by atoms with Crippen molar-refractivity contribution in [3.8, 4) is 0 Å². The van der Waals surface area contributed by atoms with Gasteiger partial charge in [0.15, 0.2) is 0 Å². The quantitative estimate of drug-likeness (QED) is 0.0324. The second-order valence-electron chi connectivity index (χ2n) is 15.8. The van der Waals surface area contributed by atoms with E-state index in [4.69, 9.17) is 10.5 Å². The molecule has 0 aromatic carbocycles. The molecule has 1 amide bonds. The average Bonchev–Trinajstić information content (AvgIpc) is 3.16. The van der Waals surface area contributed by atoms with Crippen molar-refractivity contribution in [2.24, 2.45) is 5.73 Å². The summed E-state index contributed by atoms with van der Waals surface area (Å²) in [4.78, 5) is 36.4. The number of allylic oxidation sites excluding steroid dienone is 4. The molecule has 0 aromatic heterocycles. The number of hydrogen-bond donors (Lipinski definition) is 3. The van der Waals surface area contributed by atoms with E-state index in [1.165, 1.54) is 122 Å². The summed E-state index contributed by atoms with van der Waals surface area (Å²) in [5.74, 6) is -1.25. The van der Waals surface area contributed by atoms with Crippen molar-refractivity contribution in [1.82, 2.24) is 5.32 Å². The summed E-state index contributed by atoms with van der Waals surface area (Å²) in [5, 5.41) is 11.9. The minimum Gasteiger partial charge on any atom is -0.480 e. The van der Waals surface area contributed by atoms with Gasteiger partial charge >= 0.3 is 11.9 Å². The van der Waals surface area contributed by atoms with Gasteiger partial charge < -0.3 is 20.9 Å². The van der Waals surface area contributed by atoms with Gasteiger partial charge in [-0.2, -0.15) is 0 Å². The number of hydrogen-bond acceptors (Lipinski definition) is 5. The van der Waals surface area contributed by atoms with Crippen LogP contribution in [0.5, 0.6) is 0 Å². The molecule has 0 aliphatic heterocycles. The monoisotopic (exact) mass is 761 g/mol. The molecule has 0 fully saturated rings. The standard InChI is InChI=1S/C47H88N2O5/c1-3-5-7-9-11-13-15-17-18-20-22-24-26-31-35-41-46(51)54-43(37-32-28-25-23-21-19-16-14-12-10-8-6-4-2)38-33-29-27-30-34-40-45(50)49-44(47(52)53)39-36-42-48/h16,19,23,25,43-44H,3-15,17-18,20-22,24,26-42,48H2,1-2H3,(H,49,50)(H,52,53)/b19-16-,25-23-. The number of ether oxygens (including phenoxy) is 1. The van der Waals surface area contributed by atoms with Gasteiger partial charge in [0.25, 0.3) is 0 Å². The zero-order chi connectivity index (χ0) is 39.6. The molecular formula is C47H88N2O5. The first-order valence-electron chi connectivity index (χ1n) is 23.2. The van der Waals surface area contributed by atoms with Crippen LogP contribution in [-0.4, -0.2) is 41.6 Å². The van der Waals surface area contributed by atoms with Crippen LogP contribution in [0.25, 0.3) is 0 Å². The molecule has 0 saturated carbocycles. The van der Waals surface area contributed by atoms with E-state index in [0.29, 0.717) is 32.2 Å². The van der Waals surface area contributed by atoms with Gasteiger partial charge in [-0.15, -0.1) is 0 Å². The van der Waals surface area contributed by atoms with Gasteiger partial charge in [-0.3, -0.25) is 9.59 Å². The number of nitrogens with two attached hydrogens (primary N) is 1. The molecule has 7 nitrogen and oxygen atoms in total. The molecule has 7 heteroatoms. The summed E-state index contributed by atoms with van der Waals surface area (Å²) < 4.78 is 6.04. The Morgan fingerprint density at radius 3 is 1.50 bits per heavy atom. The van der Waals surface area contributed by atoms with E-state index in [-0.39, 0.29) is 18.0 Å². The molecule has 0 aliphatic carbocycles. The van der Waals surface area contributed by atoms with E-state index >= 15 is 0 Å². The molecule has 0 spiro atoms. The summed E-state index contributed by atoms with van der Waals surface area (Å²) in [6.07, 6.45) is 48.0. The summed E-state index contributed by atoms with van der Waals surface area (Å²) in [6.45, 7) is 4.94. The van der Waals surface area contributed by atoms with Gasteiger partial charge in [-0.05, 0) is 83.6 Å². The Labute approximate surface area is 333 Å². The van der Waals surface area contributed by atoms with Crippen LogP contribution < -0.4 is 11.1 Å². The normalized spacial score (nSPS) is 12.8. The van der Waals surface area contributed by atoms with Crippen molar-refractivity contribution in [2.45, 2.75) is 251 Å². The van der Waals surface area contributed by atoms with E-state index in [9.17, 15) is 19.5 Å². The Morgan fingerprint density at radius 2 is 0.981 bits per heavy atom. The summed E-state index contributed by atoms with van der Waals surface area (Å²) >= 11 is 0. The van der Waals surface area contributed by atoms with Crippen molar-refractivity contribution in [2.75, 3.05) is 6.54 Å². The number of amides is 1. The number of nitrogens with one attached hydrogen (secondary N) is 1. The lowest BCUT2D eigenvalue weighted by Gasteiger charge is -2.18. The highest BCUT2D eigenvalue weighted by atomic mass is 16.5. The van der Waals surface area contributed by atoms with Gasteiger partial charge in [0.1, 0.15) is 12.1 Å². The third-order valence-corrected chi connectivity index (χ3v) is 10.5. The fourth-order valence-electron chi connectivity index (χ4n) is 7.02. The molecule has 316 valence electrons. The lowest BCUT2D eigenvalue weighted by Crippen LogP contribution is -2.40. The first kappa shape index (κ1) is 51.9. The van der Waals surface area contributed by atoms with E-state index in [1.807, 2.05) is 0 Å². The number of rotatable bonds is 42. The van der Waals surface area contributed by atoms with Crippen molar-refractivity contribution >= 4 is 17.8 Å². The van der Waals surface area contributed by atoms with Gasteiger partial charge in [0, 0.05) is 12.8 Å². The number of unbranched alkanes of at least 4 members (excludes halogenated alkanes) is 24. The summed E-state index contributed by atoms with van der Waals surface area (Å²) in [7, 11) is 0. The second-order valence-corrected chi connectivity index (χ2v) is 15.8. The molecule has 4 N–H and O–H groups in total. The van der Waals surface area contributed by atoms with Gasteiger partial charge in [-0.25, -0.2) is 4.79 Å². The first-order chi connectivity index (χ1) is 26.4. The third-order valence-electron chi connectivity index (χ3n) is 10.5. The van der Waals surface area contributed by atoms with E-state index in [0.717, 1.165) is 77.0 Å². The van der Waals surface area contributed by atoms with Crippen LogP contribution in [-0.2, 0) is 19.1 Å². The summed E-state index contributed by atoms with van der Waals surface area (Å²) in [6, 6.07) is -0.859. The molecule has 2 unspecified atom stereocenters. The Hall–Kier alpha value is -2.15. The number of carbonyl (C=O) groups excluding carboxylic acids is 2. The van der Waals surface area contributed by atoms with E-state index in [1.54, 1.807) is 0 Å². The minimum atomic E-state index is -1.01. The highest BCUT2D eigenvalue weighted by Gasteiger charge is 2.19. The molecule has 0 saturated heterocycles. The molecule has 0 radical (unpaired) electrons. The van der Waals surface area contributed by atoms with Crippen LogP contribution in [0.15, 0.2) is 24.3 Å². The molecule has 0 aromatic rings. The number of carbonyl (C=O) groups is 3. The fraction of sp³-hybridized carbons (Fsp3) is 0.851. The average molecular weight is 761 g/mol. The van der Waals surface area contributed by atoms with E-state index < -0.39 is 12.0 Å². The highest BCUT2D eigenvalue weighted by Crippen LogP contribution is 2.18. The van der Waals surface area contributed by atoms with Crippen molar-refractivity contribution in [1.29, 1.82) is 0 Å². The van der Waals surface area contributed by atoms with Crippen LogP contribution in [0.4, 0.5) is 0 Å². The topological polar surface area (TPSA) is 119 Å². The highest BCUT2D eigenvalue weighted by molar-refractivity contribution is 5.83. The molecule has 0 bridgehead atoms. The maximum atomic E-state index is 12.8. The van der Waals surface area contributed by atoms with Crippen LogP contribution in [0.2, 0.25) is 0 Å².